The molecule has 0 aliphatic carbocycles. The molecule has 1 unspecified atom stereocenters. The van der Waals surface area contributed by atoms with Gasteiger partial charge in [-0.2, -0.15) is 0 Å². The Morgan fingerprint density at radius 1 is 1.06 bits per heavy atom. The molecule has 0 saturated heterocycles. The molecule has 10 heteroatoms. The molecule has 0 saturated carbocycles. The van der Waals surface area contributed by atoms with Crippen LogP contribution < -0.4 is 16.6 Å². The zero-order valence-corrected chi connectivity index (χ0v) is 19.8. The Kier molecular flexibility index (Phi) is 6.69. The highest BCUT2D eigenvalue weighted by atomic mass is 32.2. The third kappa shape index (κ3) is 4.54. The average Bonchev–Trinajstić information content (AvgIpc) is 3.20. The summed E-state index contributed by atoms with van der Waals surface area (Å²) in [7, 11) is 2.91. The molecule has 4 aromatic rings. The van der Waals surface area contributed by atoms with E-state index in [9.17, 15) is 18.8 Å². The molecule has 4 rings (SSSR count). The summed E-state index contributed by atoms with van der Waals surface area (Å²) in [5, 5.41) is 3.29. The van der Waals surface area contributed by atoms with Gasteiger partial charge in [0.1, 0.15) is 5.82 Å². The van der Waals surface area contributed by atoms with Gasteiger partial charge in [-0.1, -0.05) is 60.3 Å². The Morgan fingerprint density at radius 3 is 2.44 bits per heavy atom. The van der Waals surface area contributed by atoms with Crippen LogP contribution in [0.2, 0.25) is 0 Å². The van der Waals surface area contributed by atoms with Gasteiger partial charge in [-0.25, -0.2) is 14.2 Å². The van der Waals surface area contributed by atoms with Crippen molar-refractivity contribution in [3.63, 3.8) is 0 Å². The molecule has 1 amide bonds. The topological polar surface area (TPSA) is 90.9 Å². The molecule has 0 aliphatic rings. The van der Waals surface area contributed by atoms with E-state index in [0.29, 0.717) is 10.7 Å². The minimum absolute atomic E-state index is 0.0288. The third-order valence-electron chi connectivity index (χ3n) is 5.61. The number of nitrogens with zero attached hydrogens (tertiary/aromatic N) is 4. The number of fused-ring (bicyclic) bond motifs is 1. The summed E-state index contributed by atoms with van der Waals surface area (Å²) < 4.78 is 18.2. The number of rotatable bonds is 7. The van der Waals surface area contributed by atoms with Crippen LogP contribution in [0.1, 0.15) is 24.1 Å². The molecule has 8 nitrogen and oxygen atoms in total. The van der Waals surface area contributed by atoms with E-state index in [1.165, 1.54) is 24.7 Å². The molecule has 176 valence electrons. The largest absolute Gasteiger partial charge is 0.349 e. The van der Waals surface area contributed by atoms with Crippen LogP contribution in [0.15, 0.2) is 69.3 Å². The highest BCUT2D eigenvalue weighted by Gasteiger charge is 2.21. The lowest BCUT2D eigenvalue weighted by Gasteiger charge is -2.14. The molecular weight excluding hydrogens is 457 g/mol. The summed E-state index contributed by atoms with van der Waals surface area (Å²) >= 11 is 1.13. The predicted octanol–water partition coefficient (Wildman–Crippen LogP) is 2.59. The van der Waals surface area contributed by atoms with Gasteiger partial charge in [-0.3, -0.25) is 18.7 Å². The summed E-state index contributed by atoms with van der Waals surface area (Å²) in [5.41, 5.74) is 0.654. The fourth-order valence-corrected chi connectivity index (χ4v) is 4.52. The Bertz CT molecular complexity index is 1480. The van der Waals surface area contributed by atoms with Crippen LogP contribution in [0.3, 0.4) is 0 Å². The van der Waals surface area contributed by atoms with Crippen LogP contribution in [0.4, 0.5) is 4.39 Å². The van der Waals surface area contributed by atoms with Crippen molar-refractivity contribution in [1.82, 2.24) is 24.0 Å². The summed E-state index contributed by atoms with van der Waals surface area (Å²) in [6.07, 6.45) is 0. The van der Waals surface area contributed by atoms with Gasteiger partial charge >= 0.3 is 5.69 Å². The number of hydrogen-bond acceptors (Lipinski definition) is 5. The SMILES string of the molecule is CC(NC(=O)CSc1nc2c(c(=O)n(C)c(=O)n2C)n1Cc1ccccc1F)c1ccccc1. The van der Waals surface area contributed by atoms with Gasteiger partial charge in [0.15, 0.2) is 16.3 Å². The Labute approximate surface area is 199 Å². The minimum atomic E-state index is -0.532. The van der Waals surface area contributed by atoms with E-state index in [2.05, 4.69) is 10.3 Å². The van der Waals surface area contributed by atoms with Crippen molar-refractivity contribution in [3.8, 4) is 0 Å². The minimum Gasteiger partial charge on any atom is -0.349 e. The van der Waals surface area contributed by atoms with E-state index in [-0.39, 0.29) is 35.4 Å². The first kappa shape index (κ1) is 23.5. The van der Waals surface area contributed by atoms with Crippen LogP contribution in [-0.2, 0) is 25.4 Å². The van der Waals surface area contributed by atoms with Crippen LogP contribution in [0, 0.1) is 5.82 Å². The first-order valence-electron chi connectivity index (χ1n) is 10.6. The van der Waals surface area contributed by atoms with Crippen LogP contribution in [-0.4, -0.2) is 30.3 Å². The van der Waals surface area contributed by atoms with Gasteiger partial charge in [0, 0.05) is 19.7 Å². The zero-order valence-electron chi connectivity index (χ0n) is 19.0. The van der Waals surface area contributed by atoms with Crippen molar-refractivity contribution >= 4 is 28.8 Å². The normalized spacial score (nSPS) is 12.1. The zero-order chi connectivity index (χ0) is 24.4. The molecular formula is C24H24FN5O3S. The predicted molar refractivity (Wildman–Crippen MR) is 129 cm³/mol. The molecule has 0 radical (unpaired) electrons. The molecule has 0 bridgehead atoms. The molecule has 0 aliphatic heterocycles. The van der Waals surface area contributed by atoms with Crippen molar-refractivity contribution < 1.29 is 9.18 Å². The van der Waals surface area contributed by atoms with E-state index < -0.39 is 17.1 Å². The van der Waals surface area contributed by atoms with Gasteiger partial charge in [-0.15, -0.1) is 0 Å². The molecule has 1 atom stereocenters. The fraction of sp³-hybridized carbons (Fsp3) is 0.250. The number of aromatic nitrogens is 4. The monoisotopic (exact) mass is 481 g/mol. The first-order valence-corrected chi connectivity index (χ1v) is 11.6. The van der Waals surface area contributed by atoms with E-state index >= 15 is 0 Å². The van der Waals surface area contributed by atoms with Crippen molar-refractivity contribution in [3.05, 3.63) is 92.4 Å². The third-order valence-corrected chi connectivity index (χ3v) is 6.59. The second-order valence-corrected chi connectivity index (χ2v) is 8.88. The lowest BCUT2D eigenvalue weighted by Crippen LogP contribution is -2.37. The van der Waals surface area contributed by atoms with Gasteiger partial charge in [0.25, 0.3) is 5.56 Å². The van der Waals surface area contributed by atoms with E-state index in [1.54, 1.807) is 22.8 Å². The standard InChI is InChI=1S/C24H24FN5O3S/c1-15(16-9-5-4-6-10-16)26-19(31)14-34-23-27-21-20(22(32)29(3)24(33)28(21)2)30(23)13-17-11-7-8-12-18(17)25/h4-12,15H,13-14H2,1-3H3,(H,26,31). The van der Waals surface area contributed by atoms with Gasteiger partial charge in [-0.05, 0) is 18.6 Å². The smallest absolute Gasteiger partial charge is 0.332 e. The summed E-state index contributed by atoms with van der Waals surface area (Å²) in [4.78, 5) is 42.5. The Morgan fingerprint density at radius 2 is 1.74 bits per heavy atom. The maximum atomic E-state index is 14.4. The van der Waals surface area contributed by atoms with Crippen molar-refractivity contribution in [1.29, 1.82) is 0 Å². The number of amides is 1. The van der Waals surface area contributed by atoms with Crippen molar-refractivity contribution in [2.45, 2.75) is 24.7 Å². The number of thioether (sulfide) groups is 1. The molecule has 1 N–H and O–H groups in total. The molecule has 0 spiro atoms. The number of nitrogens with one attached hydrogen (secondary N) is 1. The number of halogens is 1. The average molecular weight is 482 g/mol. The van der Waals surface area contributed by atoms with Crippen LogP contribution in [0.5, 0.6) is 0 Å². The van der Waals surface area contributed by atoms with E-state index in [0.717, 1.165) is 21.9 Å². The van der Waals surface area contributed by atoms with E-state index in [1.807, 2.05) is 37.3 Å². The number of carbonyl (C=O) groups is 1. The molecule has 2 heterocycles. The number of benzene rings is 2. The fourth-order valence-electron chi connectivity index (χ4n) is 3.72. The molecule has 2 aromatic heterocycles. The second kappa shape index (κ2) is 9.68. The quantitative estimate of drug-likeness (QED) is 0.410. The second-order valence-electron chi connectivity index (χ2n) is 7.94. The lowest BCUT2D eigenvalue weighted by molar-refractivity contribution is -0.119. The van der Waals surface area contributed by atoms with Crippen molar-refractivity contribution in [2.75, 3.05) is 5.75 Å². The highest BCUT2D eigenvalue weighted by molar-refractivity contribution is 7.99. The number of carbonyl (C=O) groups excluding carboxylic acids is 1. The maximum absolute atomic E-state index is 14.4. The van der Waals surface area contributed by atoms with Crippen LogP contribution in [0.25, 0.3) is 11.2 Å². The summed E-state index contributed by atoms with van der Waals surface area (Å²) in [6, 6.07) is 15.7. The lowest BCUT2D eigenvalue weighted by atomic mass is 10.1. The summed E-state index contributed by atoms with van der Waals surface area (Å²) in [5.74, 6) is -0.601. The maximum Gasteiger partial charge on any atom is 0.332 e. The summed E-state index contributed by atoms with van der Waals surface area (Å²) in [6.45, 7) is 1.92. The van der Waals surface area contributed by atoms with Crippen LogP contribution >= 0.6 is 11.8 Å². The number of hydrogen-bond donors (Lipinski definition) is 1. The first-order chi connectivity index (χ1) is 16.3. The number of imidazole rings is 1. The molecule has 2 aromatic carbocycles. The Balaban J connectivity index is 1.67. The molecule has 0 fully saturated rings. The van der Waals surface area contributed by atoms with Gasteiger partial charge < -0.3 is 9.88 Å². The van der Waals surface area contributed by atoms with Gasteiger partial charge in [0.2, 0.25) is 5.91 Å². The number of aryl methyl sites for hydroxylation is 1. The highest BCUT2D eigenvalue weighted by Crippen LogP contribution is 2.24. The molecule has 34 heavy (non-hydrogen) atoms. The van der Waals surface area contributed by atoms with Gasteiger partial charge in [0.05, 0.1) is 18.3 Å². The van der Waals surface area contributed by atoms with E-state index in [4.69, 9.17) is 0 Å². The van der Waals surface area contributed by atoms with Crippen molar-refractivity contribution in [2.24, 2.45) is 14.1 Å². The Hall–Kier alpha value is -3.66.